The summed E-state index contributed by atoms with van der Waals surface area (Å²) in [7, 11) is 4.15. The predicted molar refractivity (Wildman–Crippen MR) is 93.1 cm³/mol. The van der Waals surface area contributed by atoms with Crippen molar-refractivity contribution in [2.24, 2.45) is 0 Å². The van der Waals surface area contributed by atoms with Gasteiger partial charge in [0.05, 0.1) is 26.4 Å². The largest absolute Gasteiger partial charge is 0.493 e. The highest BCUT2D eigenvalue weighted by Crippen LogP contribution is 2.38. The monoisotopic (exact) mass is 372 g/mol. The fourth-order valence-electron chi connectivity index (χ4n) is 1.94. The third-order valence-electron chi connectivity index (χ3n) is 2.99. The molecule has 1 radical (unpaired) electrons. The van der Waals surface area contributed by atoms with Gasteiger partial charge in [0.25, 0.3) is 0 Å². The standard InChI is InChI=1S/C17H23ClNO6/c1-17(2,3)25-16(21)19-11(15(20)24-6)9-10-7-8-12(22-4)14(23-5)13(10)18/h7-9,11H,1-6H3,(H,19,21). The van der Waals surface area contributed by atoms with Gasteiger partial charge in [0.15, 0.2) is 11.5 Å². The van der Waals surface area contributed by atoms with Crippen molar-refractivity contribution in [3.8, 4) is 11.5 Å². The van der Waals surface area contributed by atoms with Gasteiger partial charge in [-0.25, -0.2) is 9.59 Å². The molecule has 7 nitrogen and oxygen atoms in total. The van der Waals surface area contributed by atoms with E-state index in [0.29, 0.717) is 17.1 Å². The first-order valence-electron chi connectivity index (χ1n) is 7.45. The molecule has 8 heteroatoms. The molecular formula is C17H23ClNO6. The highest BCUT2D eigenvalue weighted by molar-refractivity contribution is 6.33. The van der Waals surface area contributed by atoms with Crippen LogP contribution >= 0.6 is 11.6 Å². The fourth-order valence-corrected chi connectivity index (χ4v) is 2.24. The van der Waals surface area contributed by atoms with Crippen molar-refractivity contribution in [2.45, 2.75) is 32.4 Å². The summed E-state index contributed by atoms with van der Waals surface area (Å²) >= 11 is 6.30. The summed E-state index contributed by atoms with van der Waals surface area (Å²) in [5.74, 6) is 0.0925. The van der Waals surface area contributed by atoms with Crippen LogP contribution in [0.4, 0.5) is 4.79 Å². The number of methoxy groups -OCH3 is 3. The lowest BCUT2D eigenvalue weighted by atomic mass is 10.0. The zero-order valence-electron chi connectivity index (χ0n) is 15.1. The van der Waals surface area contributed by atoms with Gasteiger partial charge in [-0.1, -0.05) is 17.7 Å². The van der Waals surface area contributed by atoms with Crippen LogP contribution in [0.25, 0.3) is 0 Å². The summed E-state index contributed by atoms with van der Waals surface area (Å²) < 4.78 is 20.3. The number of rotatable bonds is 6. The van der Waals surface area contributed by atoms with Crippen LogP contribution in [0.15, 0.2) is 12.1 Å². The number of hydrogen-bond acceptors (Lipinski definition) is 6. The van der Waals surface area contributed by atoms with E-state index in [1.807, 2.05) is 0 Å². The Balaban J connectivity index is 3.03. The lowest BCUT2D eigenvalue weighted by Gasteiger charge is -2.23. The van der Waals surface area contributed by atoms with Crippen LogP contribution < -0.4 is 14.8 Å². The normalized spacial score (nSPS) is 12.1. The van der Waals surface area contributed by atoms with Gasteiger partial charge in [-0.3, -0.25) is 0 Å². The molecule has 1 aromatic carbocycles. The van der Waals surface area contributed by atoms with E-state index in [-0.39, 0.29) is 5.02 Å². The molecule has 1 atom stereocenters. The van der Waals surface area contributed by atoms with E-state index < -0.39 is 23.7 Å². The lowest BCUT2D eigenvalue weighted by Crippen LogP contribution is -2.44. The van der Waals surface area contributed by atoms with Crippen LogP contribution in [0.5, 0.6) is 11.5 Å². The zero-order valence-corrected chi connectivity index (χ0v) is 15.9. The average molecular weight is 373 g/mol. The van der Waals surface area contributed by atoms with E-state index in [1.54, 1.807) is 32.9 Å². The maximum absolute atomic E-state index is 12.0. The first-order valence-corrected chi connectivity index (χ1v) is 7.83. The maximum Gasteiger partial charge on any atom is 0.408 e. The zero-order chi connectivity index (χ0) is 19.2. The Kier molecular flexibility index (Phi) is 7.36. The number of nitrogens with one attached hydrogen (secondary N) is 1. The van der Waals surface area contributed by atoms with Gasteiger partial charge in [-0.15, -0.1) is 0 Å². The van der Waals surface area contributed by atoms with Crippen molar-refractivity contribution in [3.05, 3.63) is 29.1 Å². The summed E-state index contributed by atoms with van der Waals surface area (Å²) in [6, 6.07) is 2.19. The molecule has 0 fully saturated rings. The van der Waals surface area contributed by atoms with Crippen molar-refractivity contribution >= 4 is 23.7 Å². The predicted octanol–water partition coefficient (Wildman–Crippen LogP) is 2.98. The Hall–Kier alpha value is -2.15. The molecule has 1 amide bonds. The third-order valence-corrected chi connectivity index (χ3v) is 3.38. The number of alkyl carbamates (subject to hydrolysis) is 1. The van der Waals surface area contributed by atoms with Crippen molar-refractivity contribution in [1.82, 2.24) is 5.32 Å². The van der Waals surface area contributed by atoms with Crippen LogP contribution in [0.3, 0.4) is 0 Å². The number of hydrogen-bond donors (Lipinski definition) is 1. The topological polar surface area (TPSA) is 83.1 Å². The third kappa shape index (κ3) is 6.01. The summed E-state index contributed by atoms with van der Waals surface area (Å²) in [6.45, 7) is 5.15. The molecule has 0 saturated heterocycles. The van der Waals surface area contributed by atoms with Gasteiger partial charge in [-0.05, 0) is 32.4 Å². The van der Waals surface area contributed by atoms with Crippen molar-refractivity contribution in [2.75, 3.05) is 21.3 Å². The van der Waals surface area contributed by atoms with Gasteiger partial charge < -0.3 is 24.3 Å². The molecular weight excluding hydrogens is 350 g/mol. The summed E-state index contributed by atoms with van der Waals surface area (Å²) in [5.41, 5.74) is -0.239. The fraction of sp³-hybridized carbons (Fsp3) is 0.471. The molecule has 0 bridgehead atoms. The molecule has 1 aromatic rings. The van der Waals surface area contributed by atoms with Crippen molar-refractivity contribution in [3.63, 3.8) is 0 Å². The van der Waals surface area contributed by atoms with E-state index >= 15 is 0 Å². The van der Waals surface area contributed by atoms with Gasteiger partial charge in [-0.2, -0.15) is 0 Å². The molecule has 0 heterocycles. The number of carbonyl (C=O) groups is 2. The number of halogens is 1. The quantitative estimate of drug-likeness (QED) is 0.773. The van der Waals surface area contributed by atoms with E-state index in [0.717, 1.165) is 0 Å². The van der Waals surface area contributed by atoms with Crippen molar-refractivity contribution in [1.29, 1.82) is 0 Å². The minimum absolute atomic E-state index is 0.238. The van der Waals surface area contributed by atoms with Gasteiger partial charge in [0.2, 0.25) is 0 Å². The first-order chi connectivity index (χ1) is 11.6. The molecule has 0 aliphatic carbocycles. The van der Waals surface area contributed by atoms with E-state index in [9.17, 15) is 9.59 Å². The number of carbonyl (C=O) groups excluding carboxylic acids is 2. The molecule has 0 aromatic heterocycles. The number of benzene rings is 1. The van der Waals surface area contributed by atoms with Gasteiger partial charge in [0.1, 0.15) is 11.6 Å². The molecule has 1 unspecified atom stereocenters. The van der Waals surface area contributed by atoms with Gasteiger partial charge in [0, 0.05) is 6.42 Å². The second kappa shape index (κ2) is 8.80. The van der Waals surface area contributed by atoms with Gasteiger partial charge >= 0.3 is 12.1 Å². The van der Waals surface area contributed by atoms with E-state index in [4.69, 9.17) is 30.5 Å². The summed E-state index contributed by atoms with van der Waals surface area (Å²) in [4.78, 5) is 23.9. The van der Waals surface area contributed by atoms with Crippen LogP contribution in [0, 0.1) is 6.42 Å². The number of esters is 1. The molecule has 0 saturated carbocycles. The van der Waals surface area contributed by atoms with Crippen molar-refractivity contribution < 1.29 is 28.5 Å². The van der Waals surface area contributed by atoms with Crippen LogP contribution in [-0.2, 0) is 14.3 Å². The number of ether oxygens (including phenoxy) is 4. The summed E-state index contributed by atoms with van der Waals surface area (Å²) in [6.07, 6.45) is 0.691. The highest BCUT2D eigenvalue weighted by atomic mass is 35.5. The minimum atomic E-state index is -1.09. The van der Waals surface area contributed by atoms with Crippen LogP contribution in [0.1, 0.15) is 26.3 Å². The molecule has 0 aliphatic rings. The molecule has 0 aliphatic heterocycles. The molecule has 25 heavy (non-hydrogen) atoms. The highest BCUT2D eigenvalue weighted by Gasteiger charge is 2.27. The van der Waals surface area contributed by atoms with Crippen LogP contribution in [0.2, 0.25) is 5.02 Å². The Morgan fingerprint density at radius 3 is 2.28 bits per heavy atom. The van der Waals surface area contributed by atoms with Crippen LogP contribution in [-0.4, -0.2) is 45.0 Å². The molecule has 1 rings (SSSR count). The smallest absolute Gasteiger partial charge is 0.408 e. The first kappa shape index (κ1) is 20.9. The second-order valence-corrected chi connectivity index (χ2v) is 6.40. The Bertz CT molecular complexity index is 626. The lowest BCUT2D eigenvalue weighted by molar-refractivity contribution is -0.142. The minimum Gasteiger partial charge on any atom is -0.493 e. The van der Waals surface area contributed by atoms with E-state index in [2.05, 4.69) is 5.32 Å². The summed E-state index contributed by atoms with van der Waals surface area (Å²) in [5, 5.41) is 2.68. The second-order valence-electron chi connectivity index (χ2n) is 6.02. The molecule has 0 spiro atoms. The Morgan fingerprint density at radius 1 is 1.16 bits per heavy atom. The molecule has 139 valence electrons. The average Bonchev–Trinajstić information content (AvgIpc) is 2.52. The van der Waals surface area contributed by atoms with E-state index in [1.165, 1.54) is 27.8 Å². The SMILES string of the molecule is COC(=O)C([CH]c1ccc(OC)c(OC)c1Cl)NC(=O)OC(C)(C)C. The number of amides is 1. The molecule has 1 N–H and O–H groups in total. The maximum atomic E-state index is 12.0. The Labute approximate surface area is 152 Å². The Morgan fingerprint density at radius 2 is 1.80 bits per heavy atom.